The van der Waals surface area contributed by atoms with Crippen molar-refractivity contribution >= 4 is 6.03 Å². The van der Waals surface area contributed by atoms with Gasteiger partial charge in [0.05, 0.1) is 6.04 Å². The molecule has 14 heavy (non-hydrogen) atoms. The van der Waals surface area contributed by atoms with Crippen LogP contribution >= 0.6 is 0 Å². The first-order chi connectivity index (χ1) is 6.79. The fourth-order valence-electron chi connectivity index (χ4n) is 1.69. The van der Waals surface area contributed by atoms with Crippen LogP contribution in [0.3, 0.4) is 0 Å². The van der Waals surface area contributed by atoms with Gasteiger partial charge in [0.15, 0.2) is 0 Å². The standard InChI is InChI=1S/C11H12N2O/c12-11(14)13-8-4-7-10(13)9-5-2-1-3-6-9/h1-7,10H,8H2,(H2,12,14). The summed E-state index contributed by atoms with van der Waals surface area (Å²) >= 11 is 0. The summed E-state index contributed by atoms with van der Waals surface area (Å²) in [7, 11) is 0. The molecular formula is C11H12N2O. The molecule has 0 bridgehead atoms. The van der Waals surface area contributed by atoms with E-state index in [-0.39, 0.29) is 12.1 Å². The molecule has 3 nitrogen and oxygen atoms in total. The Balaban J connectivity index is 2.26. The van der Waals surface area contributed by atoms with E-state index in [1.165, 1.54) is 0 Å². The van der Waals surface area contributed by atoms with Crippen LogP contribution in [0, 0.1) is 0 Å². The topological polar surface area (TPSA) is 46.3 Å². The fourth-order valence-corrected chi connectivity index (χ4v) is 1.69. The number of urea groups is 1. The average Bonchev–Trinajstić information content (AvgIpc) is 2.67. The molecule has 1 atom stereocenters. The molecule has 3 heteroatoms. The summed E-state index contributed by atoms with van der Waals surface area (Å²) in [5.74, 6) is 0. The van der Waals surface area contributed by atoms with Crippen LogP contribution in [0.2, 0.25) is 0 Å². The van der Waals surface area contributed by atoms with Crippen molar-refractivity contribution in [1.29, 1.82) is 0 Å². The largest absolute Gasteiger partial charge is 0.351 e. The Morgan fingerprint density at radius 3 is 2.71 bits per heavy atom. The molecular weight excluding hydrogens is 176 g/mol. The van der Waals surface area contributed by atoms with E-state index < -0.39 is 0 Å². The molecule has 1 aliphatic heterocycles. The van der Waals surface area contributed by atoms with Crippen LogP contribution in [-0.4, -0.2) is 17.5 Å². The fraction of sp³-hybridized carbons (Fsp3) is 0.182. The highest BCUT2D eigenvalue weighted by Crippen LogP contribution is 2.25. The van der Waals surface area contributed by atoms with Gasteiger partial charge in [0.2, 0.25) is 0 Å². The first-order valence-corrected chi connectivity index (χ1v) is 4.57. The molecule has 0 radical (unpaired) electrons. The lowest BCUT2D eigenvalue weighted by Gasteiger charge is -2.22. The van der Waals surface area contributed by atoms with Crippen molar-refractivity contribution in [2.24, 2.45) is 5.73 Å². The maximum atomic E-state index is 11.1. The van der Waals surface area contributed by atoms with E-state index in [4.69, 9.17) is 5.73 Å². The SMILES string of the molecule is NC(=O)N1CC=CC1c1ccccc1. The number of hydrogen-bond acceptors (Lipinski definition) is 1. The monoisotopic (exact) mass is 188 g/mol. The maximum absolute atomic E-state index is 11.1. The van der Waals surface area contributed by atoms with Crippen LogP contribution in [0.1, 0.15) is 11.6 Å². The average molecular weight is 188 g/mol. The number of nitrogens with two attached hydrogens (primary N) is 1. The summed E-state index contributed by atoms with van der Waals surface area (Å²) in [4.78, 5) is 12.7. The third kappa shape index (κ3) is 1.48. The van der Waals surface area contributed by atoms with E-state index in [1.807, 2.05) is 42.5 Å². The lowest BCUT2D eigenvalue weighted by molar-refractivity contribution is 0.207. The van der Waals surface area contributed by atoms with E-state index in [0.717, 1.165) is 5.56 Å². The molecule has 2 rings (SSSR count). The van der Waals surface area contributed by atoms with Crippen molar-refractivity contribution in [3.63, 3.8) is 0 Å². The first kappa shape index (κ1) is 8.81. The minimum Gasteiger partial charge on any atom is -0.351 e. The first-order valence-electron chi connectivity index (χ1n) is 4.57. The summed E-state index contributed by atoms with van der Waals surface area (Å²) in [6.45, 7) is 0.606. The second-order valence-corrected chi connectivity index (χ2v) is 3.27. The minimum absolute atomic E-state index is 0.00806. The van der Waals surface area contributed by atoms with Gasteiger partial charge in [-0.25, -0.2) is 4.79 Å². The molecule has 1 unspecified atom stereocenters. The normalized spacial score (nSPS) is 20.0. The number of carbonyl (C=O) groups is 1. The van der Waals surface area contributed by atoms with E-state index in [1.54, 1.807) is 4.90 Å². The third-order valence-corrected chi connectivity index (χ3v) is 2.38. The molecule has 1 aromatic rings. The Labute approximate surface area is 82.8 Å². The highest BCUT2D eigenvalue weighted by molar-refractivity contribution is 5.73. The van der Waals surface area contributed by atoms with Gasteiger partial charge in [-0.05, 0) is 5.56 Å². The van der Waals surface area contributed by atoms with Crippen molar-refractivity contribution in [3.8, 4) is 0 Å². The van der Waals surface area contributed by atoms with Crippen molar-refractivity contribution in [1.82, 2.24) is 4.90 Å². The second kappa shape index (κ2) is 3.54. The lowest BCUT2D eigenvalue weighted by atomic mass is 10.1. The van der Waals surface area contributed by atoms with Crippen molar-refractivity contribution in [2.45, 2.75) is 6.04 Å². The molecule has 0 fully saturated rings. The number of rotatable bonds is 1. The predicted octanol–water partition coefficient (Wildman–Crippen LogP) is 1.68. The summed E-state index contributed by atoms with van der Waals surface area (Å²) < 4.78 is 0. The van der Waals surface area contributed by atoms with Gasteiger partial charge >= 0.3 is 6.03 Å². The van der Waals surface area contributed by atoms with Crippen LogP contribution in [0.5, 0.6) is 0 Å². The van der Waals surface area contributed by atoms with Crippen molar-refractivity contribution < 1.29 is 4.79 Å². The number of benzene rings is 1. The molecule has 2 N–H and O–H groups in total. The van der Waals surface area contributed by atoms with Crippen LogP contribution in [0.4, 0.5) is 4.79 Å². The Morgan fingerprint density at radius 2 is 2.07 bits per heavy atom. The predicted molar refractivity (Wildman–Crippen MR) is 54.6 cm³/mol. The van der Waals surface area contributed by atoms with Gasteiger partial charge in [0, 0.05) is 6.54 Å². The number of nitrogens with zero attached hydrogens (tertiary/aromatic N) is 1. The molecule has 0 saturated heterocycles. The number of amides is 2. The molecule has 2 amide bonds. The van der Waals surface area contributed by atoms with Crippen LogP contribution in [0.15, 0.2) is 42.5 Å². The quantitative estimate of drug-likeness (QED) is 0.669. The van der Waals surface area contributed by atoms with Crippen molar-refractivity contribution in [3.05, 3.63) is 48.0 Å². The Kier molecular flexibility index (Phi) is 2.23. The van der Waals surface area contributed by atoms with Crippen LogP contribution in [-0.2, 0) is 0 Å². The van der Waals surface area contributed by atoms with E-state index in [2.05, 4.69) is 0 Å². The summed E-state index contributed by atoms with van der Waals surface area (Å²) in [5, 5.41) is 0. The van der Waals surface area contributed by atoms with E-state index >= 15 is 0 Å². The molecule has 0 aromatic heterocycles. The zero-order valence-corrected chi connectivity index (χ0v) is 7.76. The third-order valence-electron chi connectivity index (χ3n) is 2.38. The molecule has 0 spiro atoms. The van der Waals surface area contributed by atoms with Gasteiger partial charge in [-0.3, -0.25) is 0 Å². The lowest BCUT2D eigenvalue weighted by Crippen LogP contribution is -2.35. The minimum atomic E-state index is -0.371. The molecule has 1 aliphatic rings. The summed E-state index contributed by atoms with van der Waals surface area (Å²) in [6.07, 6.45) is 3.96. The zero-order valence-electron chi connectivity index (χ0n) is 7.76. The highest BCUT2D eigenvalue weighted by Gasteiger charge is 2.23. The molecule has 0 aliphatic carbocycles. The Morgan fingerprint density at radius 1 is 1.36 bits per heavy atom. The van der Waals surface area contributed by atoms with Gasteiger partial charge < -0.3 is 10.6 Å². The van der Waals surface area contributed by atoms with Crippen LogP contribution < -0.4 is 5.73 Å². The summed E-state index contributed by atoms with van der Waals surface area (Å²) in [5.41, 5.74) is 6.37. The van der Waals surface area contributed by atoms with E-state index in [0.29, 0.717) is 6.54 Å². The van der Waals surface area contributed by atoms with Crippen LogP contribution in [0.25, 0.3) is 0 Å². The van der Waals surface area contributed by atoms with Crippen molar-refractivity contribution in [2.75, 3.05) is 6.54 Å². The maximum Gasteiger partial charge on any atom is 0.315 e. The number of carbonyl (C=O) groups excluding carboxylic acids is 1. The zero-order chi connectivity index (χ0) is 9.97. The van der Waals surface area contributed by atoms with E-state index in [9.17, 15) is 4.79 Å². The molecule has 1 aromatic carbocycles. The van der Waals surface area contributed by atoms with Gasteiger partial charge in [0.1, 0.15) is 0 Å². The highest BCUT2D eigenvalue weighted by atomic mass is 16.2. The number of hydrogen-bond donors (Lipinski definition) is 1. The Bertz CT molecular complexity index is 359. The van der Waals surface area contributed by atoms with Gasteiger partial charge in [-0.15, -0.1) is 0 Å². The van der Waals surface area contributed by atoms with Gasteiger partial charge in [-0.2, -0.15) is 0 Å². The molecule has 0 saturated carbocycles. The van der Waals surface area contributed by atoms with Gasteiger partial charge in [-0.1, -0.05) is 42.5 Å². The second-order valence-electron chi connectivity index (χ2n) is 3.27. The number of primary amides is 1. The summed E-state index contributed by atoms with van der Waals surface area (Å²) in [6, 6.07) is 9.50. The van der Waals surface area contributed by atoms with Gasteiger partial charge in [0.25, 0.3) is 0 Å². The molecule has 72 valence electrons. The Hall–Kier alpha value is -1.77. The smallest absolute Gasteiger partial charge is 0.315 e. The molecule has 1 heterocycles.